The lowest BCUT2D eigenvalue weighted by atomic mass is 9.88. The van der Waals surface area contributed by atoms with Gasteiger partial charge >= 0.3 is 0 Å². The van der Waals surface area contributed by atoms with Crippen LogP contribution in [0.4, 0.5) is 0 Å². The van der Waals surface area contributed by atoms with Gasteiger partial charge in [-0.2, -0.15) is 0 Å². The standard InChI is InChI=1S/C14H19ClN2O2S2/c1-9-3-2-4-11(7-9)17-21(18,19)13-8-10(14(16)20)5-6-12(13)15/h5-6,8-9,11,17H,2-4,7H2,1H3,(H2,16,20). The van der Waals surface area contributed by atoms with Crippen LogP contribution >= 0.6 is 23.8 Å². The molecule has 3 N–H and O–H groups in total. The Morgan fingerprint density at radius 3 is 2.76 bits per heavy atom. The zero-order chi connectivity index (χ0) is 15.6. The number of sulfonamides is 1. The van der Waals surface area contributed by atoms with Crippen LogP contribution < -0.4 is 10.5 Å². The second kappa shape index (κ2) is 6.60. The molecule has 1 fully saturated rings. The lowest BCUT2D eigenvalue weighted by molar-refractivity contribution is 0.327. The highest BCUT2D eigenvalue weighted by Crippen LogP contribution is 2.27. The van der Waals surface area contributed by atoms with Gasteiger partial charge in [0.2, 0.25) is 10.0 Å². The summed E-state index contributed by atoms with van der Waals surface area (Å²) in [5, 5.41) is 0.173. The quantitative estimate of drug-likeness (QED) is 0.822. The van der Waals surface area contributed by atoms with E-state index >= 15 is 0 Å². The molecule has 1 aromatic carbocycles. The van der Waals surface area contributed by atoms with Crippen molar-refractivity contribution in [2.24, 2.45) is 11.7 Å². The number of nitrogens with two attached hydrogens (primary N) is 1. The van der Waals surface area contributed by atoms with E-state index in [2.05, 4.69) is 11.6 Å². The van der Waals surface area contributed by atoms with Gasteiger partial charge < -0.3 is 5.73 Å². The number of hydrogen-bond donors (Lipinski definition) is 2. The third-order valence-electron chi connectivity index (χ3n) is 3.76. The summed E-state index contributed by atoms with van der Waals surface area (Å²) in [7, 11) is -3.67. The summed E-state index contributed by atoms with van der Waals surface area (Å²) in [6, 6.07) is 4.52. The fourth-order valence-electron chi connectivity index (χ4n) is 2.69. The first-order valence-corrected chi connectivity index (χ1v) is 9.18. The molecule has 1 aromatic rings. The molecule has 1 aliphatic carbocycles. The molecule has 1 aliphatic rings. The zero-order valence-electron chi connectivity index (χ0n) is 11.8. The van der Waals surface area contributed by atoms with Crippen LogP contribution in [0.1, 0.15) is 38.2 Å². The van der Waals surface area contributed by atoms with E-state index < -0.39 is 10.0 Å². The van der Waals surface area contributed by atoms with Crippen LogP contribution in [0.25, 0.3) is 0 Å². The number of rotatable bonds is 4. The van der Waals surface area contributed by atoms with Crippen LogP contribution in [-0.4, -0.2) is 19.4 Å². The highest BCUT2D eigenvalue weighted by atomic mass is 35.5. The maximum atomic E-state index is 12.5. The summed E-state index contributed by atoms with van der Waals surface area (Å²) in [5.74, 6) is 0.532. The van der Waals surface area contributed by atoms with Gasteiger partial charge in [0.05, 0.1) is 5.02 Å². The van der Waals surface area contributed by atoms with Gasteiger partial charge in [0.25, 0.3) is 0 Å². The van der Waals surface area contributed by atoms with Gasteiger partial charge in [0.15, 0.2) is 0 Å². The maximum absolute atomic E-state index is 12.5. The largest absolute Gasteiger partial charge is 0.389 e. The number of benzene rings is 1. The summed E-state index contributed by atoms with van der Waals surface area (Å²) in [5.41, 5.74) is 6.04. The smallest absolute Gasteiger partial charge is 0.242 e. The first-order valence-electron chi connectivity index (χ1n) is 6.91. The van der Waals surface area contributed by atoms with Crippen molar-refractivity contribution in [3.05, 3.63) is 28.8 Å². The van der Waals surface area contributed by atoms with Gasteiger partial charge in [-0.15, -0.1) is 0 Å². The third kappa shape index (κ3) is 4.16. The molecule has 0 aromatic heterocycles. The second-order valence-electron chi connectivity index (χ2n) is 5.60. The molecule has 1 saturated carbocycles. The Morgan fingerprint density at radius 1 is 1.43 bits per heavy atom. The Morgan fingerprint density at radius 2 is 2.14 bits per heavy atom. The molecule has 2 unspecified atom stereocenters. The van der Waals surface area contributed by atoms with Gasteiger partial charge in [-0.05, 0) is 30.9 Å². The Bertz CT molecular complexity index is 646. The zero-order valence-corrected chi connectivity index (χ0v) is 14.2. The van der Waals surface area contributed by atoms with Crippen molar-refractivity contribution in [3.8, 4) is 0 Å². The summed E-state index contributed by atoms with van der Waals surface area (Å²) in [6.45, 7) is 2.14. The van der Waals surface area contributed by atoms with E-state index in [1.807, 2.05) is 0 Å². The first-order chi connectivity index (χ1) is 9.79. The van der Waals surface area contributed by atoms with E-state index in [-0.39, 0.29) is 20.9 Å². The van der Waals surface area contributed by atoms with Gasteiger partial charge in [0.1, 0.15) is 9.88 Å². The minimum Gasteiger partial charge on any atom is -0.389 e. The lowest BCUT2D eigenvalue weighted by Crippen LogP contribution is -2.38. The van der Waals surface area contributed by atoms with Crippen molar-refractivity contribution in [3.63, 3.8) is 0 Å². The van der Waals surface area contributed by atoms with E-state index in [1.165, 1.54) is 12.1 Å². The molecule has 0 radical (unpaired) electrons. The molecule has 0 spiro atoms. The fraction of sp³-hybridized carbons (Fsp3) is 0.500. The topological polar surface area (TPSA) is 72.2 Å². The molecular formula is C14H19ClN2O2S2. The average molecular weight is 347 g/mol. The van der Waals surface area contributed by atoms with Gasteiger partial charge in [0, 0.05) is 11.6 Å². The van der Waals surface area contributed by atoms with Crippen molar-refractivity contribution >= 4 is 38.8 Å². The minimum atomic E-state index is -3.67. The molecule has 21 heavy (non-hydrogen) atoms. The Balaban J connectivity index is 2.26. The Hall–Kier alpha value is -0.690. The normalized spacial score (nSPS) is 23.0. The van der Waals surface area contributed by atoms with Crippen LogP contribution in [0.15, 0.2) is 23.1 Å². The first kappa shape index (κ1) is 16.7. The molecule has 0 bridgehead atoms. The highest BCUT2D eigenvalue weighted by molar-refractivity contribution is 7.89. The predicted molar refractivity (Wildman–Crippen MR) is 89.1 cm³/mol. The molecule has 0 saturated heterocycles. The van der Waals surface area contributed by atoms with Gasteiger partial charge in [-0.3, -0.25) is 0 Å². The molecule has 0 heterocycles. The predicted octanol–water partition coefficient (Wildman–Crippen LogP) is 2.83. The Kier molecular flexibility index (Phi) is 5.24. The van der Waals surface area contributed by atoms with E-state index in [0.29, 0.717) is 11.5 Å². The maximum Gasteiger partial charge on any atom is 0.242 e. The molecule has 4 nitrogen and oxygen atoms in total. The van der Waals surface area contributed by atoms with Crippen LogP contribution in [0, 0.1) is 5.92 Å². The molecule has 7 heteroatoms. The summed E-state index contributed by atoms with van der Waals surface area (Å²) < 4.78 is 27.8. The fourth-order valence-corrected chi connectivity index (χ4v) is 4.62. The van der Waals surface area contributed by atoms with Crippen LogP contribution in [0.5, 0.6) is 0 Å². The molecule has 2 atom stereocenters. The molecule has 0 aliphatic heterocycles. The van der Waals surface area contributed by atoms with E-state index in [4.69, 9.17) is 29.6 Å². The summed E-state index contributed by atoms with van der Waals surface area (Å²) in [6.07, 6.45) is 3.90. The van der Waals surface area contributed by atoms with Crippen molar-refractivity contribution < 1.29 is 8.42 Å². The molecule has 2 rings (SSSR count). The van der Waals surface area contributed by atoms with Crippen molar-refractivity contribution in [1.29, 1.82) is 0 Å². The summed E-state index contributed by atoms with van der Waals surface area (Å²) >= 11 is 10.9. The number of hydrogen-bond acceptors (Lipinski definition) is 3. The number of halogens is 1. The Labute approximate surface area is 136 Å². The van der Waals surface area contributed by atoms with E-state index in [0.717, 1.165) is 25.7 Å². The molecular weight excluding hydrogens is 328 g/mol. The van der Waals surface area contributed by atoms with E-state index in [9.17, 15) is 8.42 Å². The monoisotopic (exact) mass is 346 g/mol. The second-order valence-corrected chi connectivity index (χ2v) is 8.13. The third-order valence-corrected chi connectivity index (χ3v) is 6.00. The van der Waals surface area contributed by atoms with E-state index in [1.54, 1.807) is 6.07 Å². The van der Waals surface area contributed by atoms with Crippen molar-refractivity contribution in [1.82, 2.24) is 4.72 Å². The number of nitrogens with one attached hydrogen (secondary N) is 1. The highest BCUT2D eigenvalue weighted by Gasteiger charge is 2.26. The lowest BCUT2D eigenvalue weighted by Gasteiger charge is -2.27. The number of thiocarbonyl (C=S) groups is 1. The van der Waals surface area contributed by atoms with Gasteiger partial charge in [-0.1, -0.05) is 49.7 Å². The van der Waals surface area contributed by atoms with Crippen LogP contribution in [0.3, 0.4) is 0 Å². The van der Waals surface area contributed by atoms with Gasteiger partial charge in [-0.25, -0.2) is 13.1 Å². The average Bonchev–Trinajstić information content (AvgIpc) is 2.38. The van der Waals surface area contributed by atoms with Crippen molar-refractivity contribution in [2.45, 2.75) is 43.5 Å². The minimum absolute atomic E-state index is 0.0349. The molecule has 116 valence electrons. The molecule has 0 amide bonds. The van der Waals surface area contributed by atoms with Crippen LogP contribution in [0.2, 0.25) is 5.02 Å². The summed E-state index contributed by atoms with van der Waals surface area (Å²) in [4.78, 5) is 0.182. The SMILES string of the molecule is CC1CCCC(NS(=O)(=O)c2cc(C(N)=S)ccc2Cl)C1. The van der Waals surface area contributed by atoms with Crippen LogP contribution in [-0.2, 0) is 10.0 Å². The van der Waals surface area contributed by atoms with Crippen molar-refractivity contribution in [2.75, 3.05) is 0 Å².